The third-order valence-electron chi connectivity index (χ3n) is 4.56. The van der Waals surface area contributed by atoms with E-state index in [1.165, 1.54) is 28.6 Å². The third kappa shape index (κ3) is 4.31. The molecule has 1 fully saturated rings. The molecule has 0 saturated carbocycles. The molecule has 3 rings (SSSR count). The van der Waals surface area contributed by atoms with Crippen molar-refractivity contribution in [3.63, 3.8) is 0 Å². The minimum atomic E-state index is -3.69. The molecule has 0 aromatic heterocycles. The second-order valence-electron chi connectivity index (χ2n) is 6.52. The maximum Gasteiger partial charge on any atom is 0.257 e. The van der Waals surface area contributed by atoms with Gasteiger partial charge in [-0.1, -0.05) is 24.1 Å². The lowest BCUT2D eigenvalue weighted by Crippen LogP contribution is -2.35. The van der Waals surface area contributed by atoms with E-state index in [4.69, 9.17) is 11.6 Å². The van der Waals surface area contributed by atoms with Crippen LogP contribution in [-0.4, -0.2) is 31.7 Å². The number of piperidine rings is 1. The summed E-state index contributed by atoms with van der Waals surface area (Å²) in [6, 6.07) is 8.38. The van der Waals surface area contributed by atoms with Crippen molar-refractivity contribution in [1.29, 1.82) is 0 Å². The highest BCUT2D eigenvalue weighted by molar-refractivity contribution is 7.89. The Hall–Kier alpha value is -1.96. The molecule has 1 N–H and O–H groups in total. The number of carbonyl (C=O) groups excluding carboxylic acids is 1. The zero-order chi connectivity index (χ0) is 19.6. The third-order valence-corrected chi connectivity index (χ3v) is 6.79. The lowest BCUT2D eigenvalue weighted by molar-refractivity contribution is 0.102. The number of benzene rings is 2. The second-order valence-corrected chi connectivity index (χ2v) is 8.87. The standard InChI is InChI=1S/C19H20ClFN2O3S/c1-13-5-6-14(11-18(13)21)22-19(24)16-12-15(7-8-17(16)20)27(25,26)23-9-3-2-4-10-23/h5-8,11-12H,2-4,9-10H2,1H3,(H,22,24). The van der Waals surface area contributed by atoms with E-state index in [1.807, 2.05) is 0 Å². The summed E-state index contributed by atoms with van der Waals surface area (Å²) in [4.78, 5) is 12.6. The van der Waals surface area contributed by atoms with Crippen LogP contribution in [0, 0.1) is 12.7 Å². The van der Waals surface area contributed by atoms with Gasteiger partial charge in [-0.2, -0.15) is 4.31 Å². The van der Waals surface area contributed by atoms with Gasteiger partial charge in [0.05, 0.1) is 15.5 Å². The number of anilines is 1. The Labute approximate surface area is 163 Å². The fourth-order valence-electron chi connectivity index (χ4n) is 2.96. The van der Waals surface area contributed by atoms with Gasteiger partial charge >= 0.3 is 0 Å². The number of amides is 1. The number of aryl methyl sites for hydroxylation is 1. The fraction of sp³-hybridized carbons (Fsp3) is 0.316. The molecular formula is C19H20ClFN2O3S. The molecule has 1 aliphatic heterocycles. The van der Waals surface area contributed by atoms with Crippen molar-refractivity contribution in [2.75, 3.05) is 18.4 Å². The smallest absolute Gasteiger partial charge is 0.257 e. The first-order valence-electron chi connectivity index (χ1n) is 8.66. The van der Waals surface area contributed by atoms with Crippen molar-refractivity contribution in [3.8, 4) is 0 Å². The van der Waals surface area contributed by atoms with Crippen molar-refractivity contribution in [2.24, 2.45) is 0 Å². The van der Waals surface area contributed by atoms with Gasteiger partial charge in [-0.3, -0.25) is 4.79 Å². The average molecular weight is 411 g/mol. The summed E-state index contributed by atoms with van der Waals surface area (Å²) in [5.41, 5.74) is 0.750. The Morgan fingerprint density at radius 1 is 1.11 bits per heavy atom. The van der Waals surface area contributed by atoms with Gasteiger partial charge in [0.2, 0.25) is 10.0 Å². The van der Waals surface area contributed by atoms with Crippen molar-refractivity contribution in [1.82, 2.24) is 4.31 Å². The highest BCUT2D eigenvalue weighted by atomic mass is 35.5. The minimum absolute atomic E-state index is 0.0223. The zero-order valence-electron chi connectivity index (χ0n) is 14.8. The van der Waals surface area contributed by atoms with Gasteiger partial charge in [0.1, 0.15) is 5.82 Å². The molecule has 0 spiro atoms. The first-order chi connectivity index (χ1) is 12.8. The summed E-state index contributed by atoms with van der Waals surface area (Å²) >= 11 is 6.11. The monoisotopic (exact) mass is 410 g/mol. The molecule has 0 radical (unpaired) electrons. The predicted molar refractivity (Wildman–Crippen MR) is 103 cm³/mol. The average Bonchev–Trinajstić information content (AvgIpc) is 2.65. The second kappa shape index (κ2) is 7.96. The van der Waals surface area contributed by atoms with Crippen molar-refractivity contribution in [3.05, 3.63) is 58.4 Å². The summed E-state index contributed by atoms with van der Waals surface area (Å²) in [7, 11) is -3.69. The van der Waals surface area contributed by atoms with E-state index >= 15 is 0 Å². The summed E-state index contributed by atoms with van der Waals surface area (Å²) in [6.07, 6.45) is 2.64. The molecule has 5 nitrogen and oxygen atoms in total. The van der Waals surface area contributed by atoms with Crippen LogP contribution in [0.2, 0.25) is 5.02 Å². The SMILES string of the molecule is Cc1ccc(NC(=O)c2cc(S(=O)(=O)N3CCCCC3)ccc2Cl)cc1F. The largest absolute Gasteiger partial charge is 0.322 e. The van der Waals surface area contributed by atoms with Crippen LogP contribution in [-0.2, 0) is 10.0 Å². The van der Waals surface area contributed by atoms with Crippen LogP contribution in [0.4, 0.5) is 10.1 Å². The van der Waals surface area contributed by atoms with Gasteiger partial charge < -0.3 is 5.32 Å². The zero-order valence-corrected chi connectivity index (χ0v) is 16.4. The van der Waals surface area contributed by atoms with Crippen LogP contribution >= 0.6 is 11.6 Å². The van der Waals surface area contributed by atoms with Crippen LogP contribution in [0.15, 0.2) is 41.3 Å². The molecule has 1 heterocycles. The summed E-state index contributed by atoms with van der Waals surface area (Å²) in [5, 5.41) is 2.68. The molecule has 27 heavy (non-hydrogen) atoms. The molecule has 1 saturated heterocycles. The number of nitrogens with one attached hydrogen (secondary N) is 1. The molecule has 1 aliphatic rings. The summed E-state index contributed by atoms with van der Waals surface area (Å²) in [5.74, 6) is -1.04. The Morgan fingerprint density at radius 3 is 2.48 bits per heavy atom. The van der Waals surface area contributed by atoms with E-state index in [0.29, 0.717) is 18.7 Å². The molecule has 0 aliphatic carbocycles. The van der Waals surface area contributed by atoms with Gasteiger partial charge in [0, 0.05) is 18.8 Å². The van der Waals surface area contributed by atoms with Gasteiger partial charge in [-0.05, 0) is 55.7 Å². The van der Waals surface area contributed by atoms with Gasteiger partial charge in [0.25, 0.3) is 5.91 Å². The number of hydrogen-bond acceptors (Lipinski definition) is 3. The molecule has 2 aromatic rings. The molecule has 0 atom stereocenters. The topological polar surface area (TPSA) is 66.5 Å². The van der Waals surface area contributed by atoms with Gasteiger partial charge in [0.15, 0.2) is 0 Å². The van der Waals surface area contributed by atoms with Crippen molar-refractivity contribution in [2.45, 2.75) is 31.1 Å². The molecule has 144 valence electrons. The Morgan fingerprint density at radius 2 is 1.81 bits per heavy atom. The number of rotatable bonds is 4. The van der Waals surface area contributed by atoms with E-state index in [-0.39, 0.29) is 21.2 Å². The number of sulfonamides is 1. The molecule has 0 unspecified atom stereocenters. The molecule has 2 aromatic carbocycles. The highest BCUT2D eigenvalue weighted by Gasteiger charge is 2.27. The quantitative estimate of drug-likeness (QED) is 0.820. The Balaban J connectivity index is 1.88. The maximum absolute atomic E-state index is 13.7. The first-order valence-corrected chi connectivity index (χ1v) is 10.5. The van der Waals surface area contributed by atoms with E-state index in [2.05, 4.69) is 5.32 Å². The number of carbonyl (C=O) groups is 1. The lowest BCUT2D eigenvalue weighted by atomic mass is 10.2. The first kappa shape index (κ1) is 19.8. The predicted octanol–water partition coefficient (Wildman–Crippen LogP) is 4.21. The number of nitrogens with zero attached hydrogens (tertiary/aromatic N) is 1. The van der Waals surface area contributed by atoms with E-state index in [1.54, 1.807) is 19.1 Å². The van der Waals surface area contributed by atoms with Crippen LogP contribution in [0.25, 0.3) is 0 Å². The number of hydrogen-bond donors (Lipinski definition) is 1. The molecule has 8 heteroatoms. The Kier molecular flexibility index (Phi) is 5.83. The Bertz CT molecular complexity index is 973. The summed E-state index contributed by atoms with van der Waals surface area (Å²) < 4.78 is 40.7. The van der Waals surface area contributed by atoms with Gasteiger partial charge in [-0.25, -0.2) is 12.8 Å². The van der Waals surface area contributed by atoms with E-state index in [9.17, 15) is 17.6 Å². The molecule has 1 amide bonds. The number of halogens is 2. The van der Waals surface area contributed by atoms with Crippen LogP contribution < -0.4 is 5.32 Å². The van der Waals surface area contributed by atoms with Crippen LogP contribution in [0.5, 0.6) is 0 Å². The maximum atomic E-state index is 13.7. The van der Waals surface area contributed by atoms with Crippen LogP contribution in [0.1, 0.15) is 35.2 Å². The minimum Gasteiger partial charge on any atom is -0.322 e. The highest BCUT2D eigenvalue weighted by Crippen LogP contribution is 2.26. The van der Waals surface area contributed by atoms with E-state index < -0.39 is 21.7 Å². The van der Waals surface area contributed by atoms with E-state index in [0.717, 1.165) is 19.3 Å². The lowest BCUT2D eigenvalue weighted by Gasteiger charge is -2.26. The normalized spacial score (nSPS) is 15.5. The van der Waals surface area contributed by atoms with Gasteiger partial charge in [-0.15, -0.1) is 0 Å². The molecule has 0 bridgehead atoms. The van der Waals surface area contributed by atoms with Crippen molar-refractivity contribution < 1.29 is 17.6 Å². The van der Waals surface area contributed by atoms with Crippen LogP contribution in [0.3, 0.4) is 0 Å². The fourth-order valence-corrected chi connectivity index (χ4v) is 4.71. The summed E-state index contributed by atoms with van der Waals surface area (Å²) in [6.45, 7) is 2.55. The van der Waals surface area contributed by atoms with Crippen molar-refractivity contribution >= 4 is 33.2 Å². The molecular weight excluding hydrogens is 391 g/mol.